The lowest BCUT2D eigenvalue weighted by atomic mass is 10.1. The lowest BCUT2D eigenvalue weighted by Gasteiger charge is -2.15. The molecular weight excluding hydrogens is 219 g/mol. The summed E-state index contributed by atoms with van der Waals surface area (Å²) in [6.45, 7) is 2.09. The van der Waals surface area contributed by atoms with Crippen LogP contribution in [0.25, 0.3) is 0 Å². The minimum atomic E-state index is -0.301. The van der Waals surface area contributed by atoms with Gasteiger partial charge in [0.25, 0.3) is 0 Å². The van der Waals surface area contributed by atoms with Crippen LogP contribution >= 0.6 is 0 Å². The van der Waals surface area contributed by atoms with Gasteiger partial charge in [0.05, 0.1) is 12.6 Å². The van der Waals surface area contributed by atoms with Crippen molar-refractivity contribution in [2.24, 2.45) is 0 Å². The van der Waals surface area contributed by atoms with Crippen LogP contribution in [0, 0.1) is 5.82 Å². The molecular formula is C13H17FN2O. The number of amides is 1. The molecule has 0 saturated heterocycles. The summed E-state index contributed by atoms with van der Waals surface area (Å²) in [6.07, 6.45) is 2.30. The normalized spacial score (nSPS) is 16.6. The smallest absolute Gasteiger partial charge is 0.234 e. The molecule has 0 bridgehead atoms. The molecule has 3 nitrogen and oxygen atoms in total. The van der Waals surface area contributed by atoms with Crippen molar-refractivity contribution in [2.75, 3.05) is 6.54 Å². The van der Waals surface area contributed by atoms with Gasteiger partial charge in [-0.25, -0.2) is 4.39 Å². The van der Waals surface area contributed by atoms with Crippen LogP contribution in [0.1, 0.15) is 31.4 Å². The zero-order valence-corrected chi connectivity index (χ0v) is 9.87. The monoisotopic (exact) mass is 236 g/mol. The van der Waals surface area contributed by atoms with Gasteiger partial charge in [0.2, 0.25) is 5.91 Å². The fourth-order valence-electron chi connectivity index (χ4n) is 1.72. The van der Waals surface area contributed by atoms with Crippen LogP contribution in [0.15, 0.2) is 24.3 Å². The largest absolute Gasteiger partial charge is 0.348 e. The summed E-state index contributed by atoms with van der Waals surface area (Å²) in [7, 11) is 0. The minimum absolute atomic E-state index is 0.0901. The second-order valence-corrected chi connectivity index (χ2v) is 4.47. The number of carbonyl (C=O) groups excluding carboxylic acids is 1. The summed E-state index contributed by atoms with van der Waals surface area (Å²) in [5.41, 5.74) is 0.521. The molecule has 92 valence electrons. The summed E-state index contributed by atoms with van der Waals surface area (Å²) in [5.74, 6) is -0.372. The Hall–Kier alpha value is -1.42. The molecule has 0 radical (unpaired) electrons. The van der Waals surface area contributed by atoms with Gasteiger partial charge >= 0.3 is 0 Å². The molecule has 1 fully saturated rings. The molecule has 0 aromatic heterocycles. The molecule has 0 heterocycles. The first kappa shape index (κ1) is 12.0. The Morgan fingerprint density at radius 2 is 2.18 bits per heavy atom. The Labute approximate surface area is 100 Å². The average molecular weight is 236 g/mol. The summed E-state index contributed by atoms with van der Waals surface area (Å²) >= 11 is 0. The summed E-state index contributed by atoms with van der Waals surface area (Å²) < 4.78 is 13.4. The molecule has 1 saturated carbocycles. The number of halogens is 1. The Bertz CT molecular complexity index is 404. The van der Waals surface area contributed by atoms with Gasteiger partial charge in [0.15, 0.2) is 0 Å². The highest BCUT2D eigenvalue weighted by Gasteiger charge is 2.21. The molecule has 1 aliphatic rings. The topological polar surface area (TPSA) is 41.1 Å². The SMILES string of the molecule is CC(NC(=O)CNC1CC1)c1ccccc1F. The highest BCUT2D eigenvalue weighted by Crippen LogP contribution is 2.18. The summed E-state index contributed by atoms with van der Waals surface area (Å²) in [5, 5.41) is 5.90. The Balaban J connectivity index is 1.85. The first-order chi connectivity index (χ1) is 8.16. The van der Waals surface area contributed by atoms with E-state index in [2.05, 4.69) is 10.6 Å². The van der Waals surface area contributed by atoms with E-state index in [1.54, 1.807) is 25.1 Å². The minimum Gasteiger partial charge on any atom is -0.348 e. The maximum Gasteiger partial charge on any atom is 0.234 e. The van der Waals surface area contributed by atoms with Crippen molar-refractivity contribution in [2.45, 2.75) is 31.8 Å². The van der Waals surface area contributed by atoms with E-state index in [0.29, 0.717) is 18.2 Å². The van der Waals surface area contributed by atoms with Crippen LogP contribution in [0.2, 0.25) is 0 Å². The Morgan fingerprint density at radius 3 is 2.82 bits per heavy atom. The highest BCUT2D eigenvalue weighted by molar-refractivity contribution is 5.78. The molecule has 1 aromatic carbocycles. The van der Waals surface area contributed by atoms with Crippen molar-refractivity contribution < 1.29 is 9.18 Å². The molecule has 1 amide bonds. The van der Waals surface area contributed by atoms with Crippen LogP contribution in [0.5, 0.6) is 0 Å². The number of benzene rings is 1. The van der Waals surface area contributed by atoms with Crippen LogP contribution in [-0.4, -0.2) is 18.5 Å². The molecule has 2 N–H and O–H groups in total. The van der Waals surface area contributed by atoms with E-state index in [9.17, 15) is 9.18 Å². The zero-order valence-electron chi connectivity index (χ0n) is 9.87. The van der Waals surface area contributed by atoms with Gasteiger partial charge < -0.3 is 10.6 Å². The lowest BCUT2D eigenvalue weighted by molar-refractivity contribution is -0.120. The van der Waals surface area contributed by atoms with Crippen molar-refractivity contribution in [1.29, 1.82) is 0 Å². The first-order valence-electron chi connectivity index (χ1n) is 5.94. The van der Waals surface area contributed by atoms with Gasteiger partial charge in [-0.1, -0.05) is 18.2 Å². The van der Waals surface area contributed by atoms with E-state index in [4.69, 9.17) is 0 Å². The first-order valence-corrected chi connectivity index (χ1v) is 5.94. The fraction of sp³-hybridized carbons (Fsp3) is 0.462. The number of hydrogen-bond donors (Lipinski definition) is 2. The molecule has 1 aromatic rings. The van der Waals surface area contributed by atoms with Gasteiger partial charge in [0, 0.05) is 11.6 Å². The van der Waals surface area contributed by atoms with E-state index in [-0.39, 0.29) is 17.8 Å². The Morgan fingerprint density at radius 1 is 1.47 bits per heavy atom. The van der Waals surface area contributed by atoms with Crippen molar-refractivity contribution >= 4 is 5.91 Å². The fourth-order valence-corrected chi connectivity index (χ4v) is 1.72. The van der Waals surface area contributed by atoms with E-state index >= 15 is 0 Å². The van der Waals surface area contributed by atoms with Crippen LogP contribution in [0.4, 0.5) is 4.39 Å². The van der Waals surface area contributed by atoms with Gasteiger partial charge in [-0.2, -0.15) is 0 Å². The Kier molecular flexibility index (Phi) is 3.74. The quantitative estimate of drug-likeness (QED) is 0.818. The summed E-state index contributed by atoms with van der Waals surface area (Å²) in [6, 6.07) is 6.70. The molecule has 17 heavy (non-hydrogen) atoms. The predicted molar refractivity (Wildman–Crippen MR) is 64.0 cm³/mol. The van der Waals surface area contributed by atoms with Crippen LogP contribution in [0.3, 0.4) is 0 Å². The summed E-state index contributed by atoms with van der Waals surface area (Å²) in [4.78, 5) is 11.6. The van der Waals surface area contributed by atoms with Gasteiger partial charge in [0.1, 0.15) is 5.82 Å². The van der Waals surface area contributed by atoms with E-state index in [1.807, 2.05) is 0 Å². The molecule has 1 unspecified atom stereocenters. The number of carbonyl (C=O) groups is 1. The van der Waals surface area contributed by atoms with Crippen LogP contribution in [-0.2, 0) is 4.79 Å². The van der Waals surface area contributed by atoms with Gasteiger partial charge in [-0.05, 0) is 25.8 Å². The molecule has 0 aliphatic heterocycles. The predicted octanol–water partition coefficient (Wildman–Crippen LogP) is 1.75. The zero-order chi connectivity index (χ0) is 12.3. The number of nitrogens with one attached hydrogen (secondary N) is 2. The van der Waals surface area contributed by atoms with E-state index < -0.39 is 0 Å². The molecule has 2 rings (SSSR count). The molecule has 1 atom stereocenters. The third kappa shape index (κ3) is 3.53. The van der Waals surface area contributed by atoms with E-state index in [1.165, 1.54) is 6.07 Å². The van der Waals surface area contributed by atoms with Crippen molar-refractivity contribution in [3.05, 3.63) is 35.6 Å². The van der Waals surface area contributed by atoms with Crippen LogP contribution < -0.4 is 10.6 Å². The standard InChI is InChI=1S/C13H17FN2O/c1-9(11-4-2-3-5-12(11)14)16-13(17)8-15-10-6-7-10/h2-5,9-10,15H,6-8H2,1H3,(H,16,17). The van der Waals surface area contributed by atoms with Crippen molar-refractivity contribution in [1.82, 2.24) is 10.6 Å². The number of hydrogen-bond acceptors (Lipinski definition) is 2. The van der Waals surface area contributed by atoms with E-state index in [0.717, 1.165) is 12.8 Å². The lowest BCUT2D eigenvalue weighted by Crippen LogP contribution is -2.36. The van der Waals surface area contributed by atoms with Crippen molar-refractivity contribution in [3.8, 4) is 0 Å². The average Bonchev–Trinajstić information content (AvgIpc) is 3.10. The molecule has 4 heteroatoms. The third-order valence-electron chi connectivity index (χ3n) is 2.88. The molecule has 1 aliphatic carbocycles. The number of rotatable bonds is 5. The third-order valence-corrected chi connectivity index (χ3v) is 2.88. The molecule has 0 spiro atoms. The van der Waals surface area contributed by atoms with Gasteiger partial charge in [-0.3, -0.25) is 4.79 Å². The maximum atomic E-state index is 13.4. The van der Waals surface area contributed by atoms with Crippen molar-refractivity contribution in [3.63, 3.8) is 0 Å². The second kappa shape index (κ2) is 5.27. The van der Waals surface area contributed by atoms with Gasteiger partial charge in [-0.15, -0.1) is 0 Å². The second-order valence-electron chi connectivity index (χ2n) is 4.47. The highest BCUT2D eigenvalue weighted by atomic mass is 19.1. The maximum absolute atomic E-state index is 13.4.